The molecule has 1 unspecified atom stereocenters. The Labute approximate surface area is 172 Å². The highest BCUT2D eigenvalue weighted by Crippen LogP contribution is 2.48. The average molecular weight is 399 g/mol. The predicted molar refractivity (Wildman–Crippen MR) is 112 cm³/mol. The minimum absolute atomic E-state index is 0.0504. The molecule has 0 aliphatic carbocycles. The number of nitrogens with zero attached hydrogens (tertiary/aromatic N) is 2. The topological polar surface area (TPSA) is 64.1 Å². The molecule has 5 atom stereocenters. The molecular weight excluding hydrogens is 368 g/mol. The summed E-state index contributed by atoms with van der Waals surface area (Å²) in [6.07, 6.45) is 6.52. The molecule has 0 saturated carbocycles. The van der Waals surface area contributed by atoms with E-state index in [2.05, 4.69) is 22.5 Å². The zero-order valence-corrected chi connectivity index (χ0v) is 17.2. The third-order valence-electron chi connectivity index (χ3n) is 6.89. The second kappa shape index (κ2) is 8.40. The molecule has 0 radical (unpaired) electrons. The summed E-state index contributed by atoms with van der Waals surface area (Å²) in [7, 11) is 3.33. The molecular formula is C23H30N2O4. The Hall–Kier alpha value is -1.99. The summed E-state index contributed by atoms with van der Waals surface area (Å²) in [5, 5.41) is 11.3. The van der Waals surface area contributed by atoms with Crippen LogP contribution in [0, 0.1) is 11.8 Å². The number of piperidine rings is 3. The third kappa shape index (κ3) is 3.44. The van der Waals surface area contributed by atoms with Crippen LogP contribution in [-0.4, -0.2) is 55.1 Å². The highest BCUT2D eigenvalue weighted by Gasteiger charge is 2.52. The van der Waals surface area contributed by atoms with E-state index < -0.39 is 5.60 Å². The molecule has 29 heavy (non-hydrogen) atoms. The van der Waals surface area contributed by atoms with Crippen molar-refractivity contribution in [1.29, 1.82) is 0 Å². The summed E-state index contributed by atoms with van der Waals surface area (Å²) in [5.74, 6) is 1.80. The molecule has 0 amide bonds. The van der Waals surface area contributed by atoms with E-state index in [1.54, 1.807) is 20.4 Å². The van der Waals surface area contributed by atoms with Gasteiger partial charge in [-0.2, -0.15) is 0 Å². The molecule has 4 heterocycles. The number of rotatable bonds is 8. The maximum Gasteiger partial charge on any atom is 0.146 e. The van der Waals surface area contributed by atoms with E-state index in [1.165, 1.54) is 0 Å². The van der Waals surface area contributed by atoms with Crippen molar-refractivity contribution < 1.29 is 19.6 Å². The largest absolute Gasteiger partial charge is 0.497 e. The summed E-state index contributed by atoms with van der Waals surface area (Å²) < 4.78 is 10.9. The lowest BCUT2D eigenvalue weighted by atomic mass is 9.68. The molecule has 2 bridgehead atoms. The fraction of sp³-hybridized carbons (Fsp3) is 0.522. The van der Waals surface area contributed by atoms with Crippen LogP contribution in [0.2, 0.25) is 0 Å². The lowest BCUT2D eigenvalue weighted by Crippen LogP contribution is -2.61. The van der Waals surface area contributed by atoms with Gasteiger partial charge < -0.3 is 9.47 Å². The fourth-order valence-corrected chi connectivity index (χ4v) is 5.33. The van der Waals surface area contributed by atoms with E-state index >= 15 is 0 Å². The average Bonchev–Trinajstić information content (AvgIpc) is 2.79. The van der Waals surface area contributed by atoms with Crippen molar-refractivity contribution in [3.8, 4) is 5.75 Å². The van der Waals surface area contributed by atoms with Gasteiger partial charge >= 0.3 is 0 Å². The summed E-state index contributed by atoms with van der Waals surface area (Å²) in [5.41, 5.74) is 0.865. The van der Waals surface area contributed by atoms with Crippen LogP contribution in [0.15, 0.2) is 43.1 Å². The van der Waals surface area contributed by atoms with Gasteiger partial charge in [-0.1, -0.05) is 6.08 Å². The maximum absolute atomic E-state index is 10.4. The van der Waals surface area contributed by atoms with Gasteiger partial charge in [-0.25, -0.2) is 4.89 Å². The maximum atomic E-state index is 10.4. The Morgan fingerprint density at radius 3 is 2.86 bits per heavy atom. The van der Waals surface area contributed by atoms with Gasteiger partial charge in [0.1, 0.15) is 11.4 Å². The molecule has 6 heteroatoms. The molecule has 1 aromatic carbocycles. The fourth-order valence-electron chi connectivity index (χ4n) is 5.33. The number of aromatic nitrogens is 1. The first-order chi connectivity index (χ1) is 14.2. The minimum atomic E-state index is -0.908. The number of pyridine rings is 1. The van der Waals surface area contributed by atoms with E-state index in [0.29, 0.717) is 24.9 Å². The number of ether oxygens (including phenoxy) is 2. The SMILES string of the molecule is C=C[C@H]1CN2CC[C@H]1C[C@H]2[C@](CCOC)(OO)c1ccnc2ccc(OC)cc12. The highest BCUT2D eigenvalue weighted by atomic mass is 17.1. The zero-order chi connectivity index (χ0) is 20.4. The van der Waals surface area contributed by atoms with Crippen LogP contribution < -0.4 is 4.74 Å². The van der Waals surface area contributed by atoms with Gasteiger partial charge in [0, 0.05) is 44.3 Å². The third-order valence-corrected chi connectivity index (χ3v) is 6.89. The number of methoxy groups -OCH3 is 2. The standard InChI is InChI=1S/C23H30N2O4/c1-4-16-15-25-11-8-17(16)13-22(25)23(29-26,9-12-27-2)20-7-10-24-21-6-5-18(28-3)14-19(20)21/h4-7,10,14,16-17,22,26H,1,8-9,11-13,15H2,2-3H3/t16-,17-,22-,23+/m0/s1. The highest BCUT2D eigenvalue weighted by molar-refractivity contribution is 5.84. The Balaban J connectivity index is 1.85. The predicted octanol–water partition coefficient (Wildman–Crippen LogP) is 3.86. The normalized spacial score (nSPS) is 28.2. The Kier molecular flexibility index (Phi) is 5.88. The van der Waals surface area contributed by atoms with Crippen molar-refractivity contribution >= 4 is 10.9 Å². The number of hydrogen-bond donors (Lipinski definition) is 1. The van der Waals surface area contributed by atoms with E-state index in [-0.39, 0.29) is 6.04 Å². The molecule has 3 fully saturated rings. The van der Waals surface area contributed by atoms with Crippen molar-refractivity contribution in [2.24, 2.45) is 11.8 Å². The summed E-state index contributed by atoms with van der Waals surface area (Å²) in [4.78, 5) is 12.4. The van der Waals surface area contributed by atoms with Crippen LogP contribution >= 0.6 is 0 Å². The summed E-state index contributed by atoms with van der Waals surface area (Å²) in [6, 6.07) is 7.83. The van der Waals surface area contributed by atoms with Crippen molar-refractivity contribution in [2.75, 3.05) is 33.9 Å². The first-order valence-electron chi connectivity index (χ1n) is 10.3. The van der Waals surface area contributed by atoms with Crippen molar-refractivity contribution in [3.63, 3.8) is 0 Å². The van der Waals surface area contributed by atoms with Crippen LogP contribution in [0.25, 0.3) is 10.9 Å². The van der Waals surface area contributed by atoms with Gasteiger partial charge in [0.15, 0.2) is 0 Å². The monoisotopic (exact) mass is 398 g/mol. The van der Waals surface area contributed by atoms with Crippen molar-refractivity contribution in [1.82, 2.24) is 9.88 Å². The number of fused-ring (bicyclic) bond motifs is 4. The Morgan fingerprint density at radius 2 is 2.21 bits per heavy atom. The Morgan fingerprint density at radius 1 is 1.34 bits per heavy atom. The number of benzene rings is 1. The van der Waals surface area contributed by atoms with Gasteiger partial charge in [0.05, 0.1) is 12.6 Å². The molecule has 3 aliphatic rings. The molecule has 3 saturated heterocycles. The zero-order valence-electron chi connectivity index (χ0n) is 17.2. The van der Waals surface area contributed by atoms with Crippen molar-refractivity contribution in [3.05, 3.63) is 48.7 Å². The Bertz CT molecular complexity index is 873. The molecule has 0 spiro atoms. The van der Waals surface area contributed by atoms with E-state index in [1.807, 2.05) is 24.3 Å². The molecule has 6 nitrogen and oxygen atoms in total. The number of hydrogen-bond acceptors (Lipinski definition) is 6. The van der Waals surface area contributed by atoms with Gasteiger partial charge in [-0.05, 0) is 61.1 Å². The first kappa shape index (κ1) is 20.3. The molecule has 2 aromatic rings. The van der Waals surface area contributed by atoms with Crippen LogP contribution in [0.5, 0.6) is 5.75 Å². The van der Waals surface area contributed by atoms with Crippen LogP contribution in [-0.2, 0) is 15.2 Å². The molecule has 1 N–H and O–H groups in total. The van der Waals surface area contributed by atoms with E-state index in [4.69, 9.17) is 14.4 Å². The van der Waals surface area contributed by atoms with Crippen LogP contribution in [0.1, 0.15) is 24.8 Å². The molecule has 3 aliphatic heterocycles. The molecule has 5 rings (SSSR count). The van der Waals surface area contributed by atoms with Crippen LogP contribution in [0.3, 0.4) is 0 Å². The first-order valence-corrected chi connectivity index (χ1v) is 10.3. The smallest absolute Gasteiger partial charge is 0.146 e. The quantitative estimate of drug-likeness (QED) is 0.414. The van der Waals surface area contributed by atoms with Crippen molar-refractivity contribution in [2.45, 2.75) is 30.9 Å². The van der Waals surface area contributed by atoms with Gasteiger partial charge in [0.25, 0.3) is 0 Å². The van der Waals surface area contributed by atoms with E-state index in [9.17, 15) is 5.26 Å². The van der Waals surface area contributed by atoms with Gasteiger partial charge in [-0.3, -0.25) is 15.1 Å². The van der Waals surface area contributed by atoms with Gasteiger partial charge in [-0.15, -0.1) is 6.58 Å². The summed E-state index contributed by atoms with van der Waals surface area (Å²) >= 11 is 0. The summed E-state index contributed by atoms with van der Waals surface area (Å²) in [6.45, 7) is 6.46. The second-order valence-corrected chi connectivity index (χ2v) is 8.16. The van der Waals surface area contributed by atoms with Crippen LogP contribution in [0.4, 0.5) is 0 Å². The second-order valence-electron chi connectivity index (χ2n) is 8.16. The molecule has 156 valence electrons. The van der Waals surface area contributed by atoms with E-state index in [0.717, 1.165) is 48.1 Å². The van der Waals surface area contributed by atoms with Gasteiger partial charge in [0.2, 0.25) is 0 Å². The minimum Gasteiger partial charge on any atom is -0.497 e. The lowest BCUT2D eigenvalue weighted by Gasteiger charge is -2.55. The lowest BCUT2D eigenvalue weighted by molar-refractivity contribution is -0.353. The molecule has 1 aromatic heterocycles.